The fourth-order valence-electron chi connectivity index (χ4n) is 4.25. The van der Waals surface area contributed by atoms with Crippen LogP contribution in [0.3, 0.4) is 0 Å². The first-order chi connectivity index (χ1) is 19.7. The van der Waals surface area contributed by atoms with Gasteiger partial charge >= 0.3 is 11.7 Å². The minimum absolute atomic E-state index is 0.0792. The third kappa shape index (κ3) is 5.92. The van der Waals surface area contributed by atoms with Gasteiger partial charge in [0.15, 0.2) is 12.4 Å². The van der Waals surface area contributed by atoms with Gasteiger partial charge in [0.2, 0.25) is 5.75 Å². The molecule has 0 saturated heterocycles. The molecule has 204 valence electrons. The van der Waals surface area contributed by atoms with Gasteiger partial charge in [-0.15, -0.1) is 0 Å². The van der Waals surface area contributed by atoms with Crippen LogP contribution < -0.4 is 4.74 Å². The normalized spacial score (nSPS) is 10.8. The Morgan fingerprint density at radius 3 is 2.39 bits per heavy atom. The number of ether oxygens (including phenoxy) is 2. The lowest BCUT2D eigenvalue weighted by molar-refractivity contribution is -0.385. The summed E-state index contributed by atoms with van der Waals surface area (Å²) in [6.45, 7) is 3.56. The third-order valence-corrected chi connectivity index (χ3v) is 6.91. The summed E-state index contributed by atoms with van der Waals surface area (Å²) in [6.07, 6.45) is 0. The molecule has 5 aromatic rings. The second-order valence-electron chi connectivity index (χ2n) is 9.34. The van der Waals surface area contributed by atoms with Crippen molar-refractivity contribution in [3.8, 4) is 22.8 Å². The molecule has 4 aromatic carbocycles. The predicted octanol–water partition coefficient (Wildman–Crippen LogP) is 7.91. The number of esters is 1. The molecule has 0 N–H and O–H groups in total. The van der Waals surface area contributed by atoms with Crippen LogP contribution in [0.4, 0.5) is 5.69 Å². The molecular formula is C32H23ClN2O6. The van der Waals surface area contributed by atoms with Gasteiger partial charge in [0, 0.05) is 22.6 Å². The number of ketones is 1. The van der Waals surface area contributed by atoms with Crippen molar-refractivity contribution in [1.29, 1.82) is 0 Å². The second-order valence-corrected chi connectivity index (χ2v) is 9.75. The first-order valence-electron chi connectivity index (χ1n) is 12.6. The molecule has 41 heavy (non-hydrogen) atoms. The molecule has 0 spiro atoms. The maximum absolute atomic E-state index is 13.2. The molecule has 0 fully saturated rings. The first-order valence-corrected chi connectivity index (χ1v) is 13.0. The van der Waals surface area contributed by atoms with Crippen LogP contribution in [0.15, 0.2) is 91.0 Å². The standard InChI is InChI=1S/C32H23ClN2O6/c1-19-10-11-22(16-20(19)2)28-17-25(24-6-3-4-8-27(24)34-28)32(37)40-18-30(36)21-12-14-23(15-13-21)41-31-26(33)7-5-9-29(31)35(38)39/h3-17H,18H2,1-2H3. The van der Waals surface area contributed by atoms with Crippen LogP contribution in [0, 0.1) is 24.0 Å². The Labute approximate surface area is 240 Å². The monoisotopic (exact) mass is 566 g/mol. The van der Waals surface area contributed by atoms with E-state index in [1.165, 1.54) is 42.5 Å². The molecule has 5 rings (SSSR count). The number of carbonyl (C=O) groups is 2. The number of halogens is 1. The summed E-state index contributed by atoms with van der Waals surface area (Å²) in [5.74, 6) is -0.928. The van der Waals surface area contributed by atoms with Gasteiger partial charge in [-0.1, -0.05) is 48.0 Å². The number of nitrogens with zero attached hydrogens (tertiary/aromatic N) is 2. The lowest BCUT2D eigenvalue weighted by atomic mass is 10.0. The van der Waals surface area contributed by atoms with Gasteiger partial charge in [0.25, 0.3) is 0 Å². The van der Waals surface area contributed by atoms with Gasteiger partial charge in [-0.25, -0.2) is 9.78 Å². The Kier molecular flexibility index (Phi) is 7.76. The first kappa shape index (κ1) is 27.5. The van der Waals surface area contributed by atoms with Crippen LogP contribution in [-0.4, -0.2) is 28.3 Å². The van der Waals surface area contributed by atoms with E-state index in [0.29, 0.717) is 22.2 Å². The number of pyridine rings is 1. The number of aryl methyl sites for hydroxylation is 2. The quantitative estimate of drug-likeness (QED) is 0.0812. The average Bonchev–Trinajstić information content (AvgIpc) is 2.97. The molecule has 0 radical (unpaired) electrons. The van der Waals surface area contributed by atoms with Crippen LogP contribution >= 0.6 is 11.6 Å². The lowest BCUT2D eigenvalue weighted by Crippen LogP contribution is -2.15. The molecule has 9 heteroatoms. The molecule has 8 nitrogen and oxygen atoms in total. The minimum Gasteiger partial charge on any atom is -0.454 e. The average molecular weight is 567 g/mol. The van der Waals surface area contributed by atoms with Crippen molar-refractivity contribution in [2.45, 2.75) is 13.8 Å². The van der Waals surface area contributed by atoms with Crippen molar-refractivity contribution in [2.75, 3.05) is 6.61 Å². The molecule has 1 heterocycles. The second kappa shape index (κ2) is 11.6. The van der Waals surface area contributed by atoms with Crippen LogP contribution in [0.25, 0.3) is 22.2 Å². The predicted molar refractivity (Wildman–Crippen MR) is 156 cm³/mol. The van der Waals surface area contributed by atoms with E-state index in [0.717, 1.165) is 16.7 Å². The van der Waals surface area contributed by atoms with Gasteiger partial charge < -0.3 is 9.47 Å². The van der Waals surface area contributed by atoms with Gasteiger partial charge in [0.05, 0.1) is 26.7 Å². The zero-order valence-corrected chi connectivity index (χ0v) is 22.8. The molecule has 0 amide bonds. The van der Waals surface area contributed by atoms with E-state index in [1.54, 1.807) is 12.1 Å². The van der Waals surface area contributed by atoms with E-state index >= 15 is 0 Å². The highest BCUT2D eigenvalue weighted by atomic mass is 35.5. The number of hydrogen-bond donors (Lipinski definition) is 0. The summed E-state index contributed by atoms with van der Waals surface area (Å²) >= 11 is 6.08. The summed E-state index contributed by atoms with van der Waals surface area (Å²) in [5, 5.41) is 12.0. The topological polar surface area (TPSA) is 109 Å². The molecule has 0 aliphatic rings. The summed E-state index contributed by atoms with van der Waals surface area (Å²) < 4.78 is 11.0. The zero-order valence-electron chi connectivity index (χ0n) is 22.1. The summed E-state index contributed by atoms with van der Waals surface area (Å²) in [6, 6.07) is 25.0. The van der Waals surface area contributed by atoms with Gasteiger partial charge in [-0.2, -0.15) is 0 Å². The SMILES string of the molecule is Cc1ccc(-c2cc(C(=O)OCC(=O)c3ccc(Oc4c(Cl)cccc4[N+](=O)[O-])cc3)c3ccccc3n2)cc1C. The van der Waals surface area contributed by atoms with E-state index in [-0.39, 0.29) is 27.8 Å². The number of benzene rings is 4. The third-order valence-electron chi connectivity index (χ3n) is 6.61. The highest BCUT2D eigenvalue weighted by Gasteiger charge is 2.20. The van der Waals surface area contributed by atoms with Crippen LogP contribution in [0.5, 0.6) is 11.5 Å². The molecule has 0 aliphatic carbocycles. The number of hydrogen-bond acceptors (Lipinski definition) is 7. The molecule has 0 saturated carbocycles. The fraction of sp³-hybridized carbons (Fsp3) is 0.0938. The molecular weight excluding hydrogens is 544 g/mol. The summed E-state index contributed by atoms with van der Waals surface area (Å²) in [7, 11) is 0. The van der Waals surface area contributed by atoms with Crippen molar-refractivity contribution in [3.63, 3.8) is 0 Å². The fourth-order valence-corrected chi connectivity index (χ4v) is 4.46. The van der Waals surface area contributed by atoms with Crippen molar-refractivity contribution in [2.24, 2.45) is 0 Å². The molecule has 0 atom stereocenters. The summed E-state index contributed by atoms with van der Waals surface area (Å²) in [5.41, 5.74) is 4.68. The van der Waals surface area contributed by atoms with E-state index in [9.17, 15) is 19.7 Å². The van der Waals surface area contributed by atoms with Gasteiger partial charge in [0.1, 0.15) is 5.75 Å². The number of aromatic nitrogens is 1. The number of rotatable bonds is 8. The van der Waals surface area contributed by atoms with Crippen LogP contribution in [0.1, 0.15) is 31.8 Å². The number of para-hydroxylation sites is 2. The summed E-state index contributed by atoms with van der Waals surface area (Å²) in [4.78, 5) is 41.5. The number of Topliss-reactive ketones (excluding diaryl/α,β-unsaturated/α-hetero) is 1. The van der Waals surface area contributed by atoms with Crippen molar-refractivity contribution in [3.05, 3.63) is 128 Å². The van der Waals surface area contributed by atoms with Crippen LogP contribution in [-0.2, 0) is 4.74 Å². The minimum atomic E-state index is -0.645. The Morgan fingerprint density at radius 1 is 0.902 bits per heavy atom. The van der Waals surface area contributed by atoms with E-state index in [4.69, 9.17) is 26.1 Å². The molecule has 0 bridgehead atoms. The highest BCUT2D eigenvalue weighted by molar-refractivity contribution is 6.32. The Bertz CT molecular complexity index is 1820. The maximum Gasteiger partial charge on any atom is 0.339 e. The number of carbonyl (C=O) groups excluding carboxylic acids is 2. The van der Waals surface area contributed by atoms with E-state index in [2.05, 4.69) is 0 Å². The number of fused-ring (bicyclic) bond motifs is 1. The number of nitro groups is 1. The Balaban J connectivity index is 1.32. The van der Waals surface area contributed by atoms with Crippen LogP contribution in [0.2, 0.25) is 5.02 Å². The zero-order chi connectivity index (χ0) is 29.1. The van der Waals surface area contributed by atoms with Crippen molar-refractivity contribution >= 4 is 39.9 Å². The maximum atomic E-state index is 13.2. The van der Waals surface area contributed by atoms with Gasteiger partial charge in [-0.3, -0.25) is 14.9 Å². The lowest BCUT2D eigenvalue weighted by Gasteiger charge is -2.11. The molecule has 0 aliphatic heterocycles. The van der Waals surface area contributed by atoms with E-state index in [1.807, 2.05) is 50.2 Å². The Morgan fingerprint density at radius 2 is 1.66 bits per heavy atom. The highest BCUT2D eigenvalue weighted by Crippen LogP contribution is 2.37. The largest absolute Gasteiger partial charge is 0.454 e. The Hall–Kier alpha value is -5.08. The van der Waals surface area contributed by atoms with Crippen molar-refractivity contribution in [1.82, 2.24) is 4.98 Å². The number of nitro benzene ring substituents is 1. The molecule has 1 aromatic heterocycles. The van der Waals surface area contributed by atoms with E-state index < -0.39 is 23.3 Å². The van der Waals surface area contributed by atoms with Crippen molar-refractivity contribution < 1.29 is 24.0 Å². The smallest absolute Gasteiger partial charge is 0.339 e. The van der Waals surface area contributed by atoms with Gasteiger partial charge in [-0.05, 0) is 73.5 Å². The molecule has 0 unspecified atom stereocenters.